The van der Waals surface area contributed by atoms with Crippen LogP contribution in [0.3, 0.4) is 0 Å². The fraction of sp³-hybridized carbons (Fsp3) is 0.100. The summed E-state index contributed by atoms with van der Waals surface area (Å²) in [6, 6.07) is 5.15. The van der Waals surface area contributed by atoms with E-state index >= 15 is 0 Å². The zero-order valence-corrected chi connectivity index (χ0v) is 12.0. The van der Waals surface area contributed by atoms with Gasteiger partial charge in [-0.25, -0.2) is 9.59 Å². The van der Waals surface area contributed by atoms with Crippen LogP contribution in [0.5, 0.6) is 5.75 Å². The average Bonchev–Trinajstić information content (AvgIpc) is 2.16. The van der Waals surface area contributed by atoms with Crippen LogP contribution in [-0.4, -0.2) is 60.8 Å². The number of carbonyl (C=O) groups is 3. The van der Waals surface area contributed by atoms with Crippen LogP contribution in [0.1, 0.15) is 20.1 Å². The van der Waals surface area contributed by atoms with E-state index in [1.807, 2.05) is 0 Å². The molecule has 0 fully saturated rings. The van der Waals surface area contributed by atoms with Gasteiger partial charge in [-0.3, -0.25) is 4.79 Å². The number of benzene rings is 1. The molecule has 1 aromatic rings. The van der Waals surface area contributed by atoms with Crippen molar-refractivity contribution in [2.24, 2.45) is 11.5 Å². The summed E-state index contributed by atoms with van der Waals surface area (Å²) in [5.74, 6) is -1.58. The number of carboxylic acid groups (broad SMARTS) is 1. The molecule has 0 spiro atoms. The molecule has 0 aromatic heterocycles. The van der Waals surface area contributed by atoms with Crippen LogP contribution in [0.15, 0.2) is 24.3 Å². The zero-order valence-electron chi connectivity index (χ0n) is 11.8. The number of hydrogen-bond acceptors (Lipinski definition) is 4. The normalized spacial score (nSPS) is 8.06. The number of carboxylic acids is 1. The molecule has 0 unspecified atom stereocenters. The van der Waals surface area contributed by atoms with Crippen LogP contribution in [-0.2, 0) is 4.79 Å². The first kappa shape index (κ1) is 19.0. The summed E-state index contributed by atoms with van der Waals surface area (Å²) in [5.41, 5.74) is 8.48. The molecule has 1 rings (SSSR count). The van der Waals surface area contributed by atoms with Crippen molar-refractivity contribution >= 4 is 55.7 Å². The Morgan fingerprint density at radius 2 is 1.67 bits per heavy atom. The third kappa shape index (κ3) is 8.80. The molecule has 2 amide bonds. The number of rotatable bonds is 2. The Morgan fingerprint density at radius 1 is 1.22 bits per heavy atom. The van der Waals surface area contributed by atoms with E-state index in [1.165, 1.54) is 19.1 Å². The smallest absolute Gasteiger partial charge is 1.00 e. The molecule has 0 saturated carbocycles. The summed E-state index contributed by atoms with van der Waals surface area (Å²) >= 11 is 0. The van der Waals surface area contributed by atoms with Crippen LogP contribution in [0, 0.1) is 0 Å². The largest absolute Gasteiger partial charge is 2.00 e. The molecule has 18 heavy (non-hydrogen) atoms. The minimum atomic E-state index is -1.11. The number of carbonyl (C=O) groups excluding carboxylic acids is 2. The van der Waals surface area contributed by atoms with Gasteiger partial charge >= 0.3 is 55.7 Å². The second kappa shape index (κ2) is 9.69. The summed E-state index contributed by atoms with van der Waals surface area (Å²) < 4.78 is 4.69. The van der Waals surface area contributed by atoms with Gasteiger partial charge in [-0.15, -0.1) is 0 Å². The monoisotopic (exact) mass is 282 g/mol. The SMILES string of the molecule is CC(=O)Oc1ccccc1C(=O)O.NC(N)=O.[Ca+2].[H-].[H-]. The fourth-order valence-corrected chi connectivity index (χ4v) is 0.887. The molecule has 0 saturated heterocycles. The first-order valence-electron chi connectivity index (χ1n) is 4.40. The number of hydrogen-bond donors (Lipinski definition) is 3. The number of urea groups is 1. The van der Waals surface area contributed by atoms with E-state index in [4.69, 9.17) is 9.90 Å². The van der Waals surface area contributed by atoms with Gasteiger partial charge < -0.3 is 24.2 Å². The van der Waals surface area contributed by atoms with Crippen LogP contribution < -0.4 is 16.2 Å². The number of ether oxygens (including phenoxy) is 1. The fourth-order valence-electron chi connectivity index (χ4n) is 0.887. The van der Waals surface area contributed by atoms with Crippen molar-refractivity contribution in [2.75, 3.05) is 0 Å². The maximum atomic E-state index is 10.6. The molecule has 0 aliphatic carbocycles. The van der Waals surface area contributed by atoms with Gasteiger partial charge in [0.25, 0.3) is 0 Å². The Hall–Kier alpha value is -1.31. The Balaban J connectivity index is -0.000000164. The molecule has 0 radical (unpaired) electrons. The Bertz CT molecular complexity index is 441. The Kier molecular flexibility index (Phi) is 10.3. The number of esters is 1. The van der Waals surface area contributed by atoms with Gasteiger partial charge in [0.15, 0.2) is 0 Å². The molecule has 0 aliphatic rings. The molecule has 0 heterocycles. The van der Waals surface area contributed by atoms with Gasteiger partial charge in [0.1, 0.15) is 11.3 Å². The number of amides is 2. The first-order valence-corrected chi connectivity index (χ1v) is 4.40. The predicted octanol–water partition coefficient (Wildman–Crippen LogP) is 0.178. The van der Waals surface area contributed by atoms with Crippen molar-refractivity contribution in [2.45, 2.75) is 6.92 Å². The summed E-state index contributed by atoms with van der Waals surface area (Å²) in [6.07, 6.45) is 0. The van der Waals surface area contributed by atoms with Crippen molar-refractivity contribution in [3.8, 4) is 5.75 Å². The van der Waals surface area contributed by atoms with E-state index in [-0.39, 0.29) is 51.9 Å². The molecule has 96 valence electrons. The van der Waals surface area contributed by atoms with Gasteiger partial charge in [-0.2, -0.15) is 0 Å². The summed E-state index contributed by atoms with van der Waals surface area (Å²) in [4.78, 5) is 30.2. The maximum Gasteiger partial charge on any atom is 2.00 e. The number of nitrogens with two attached hydrogens (primary N) is 2. The van der Waals surface area contributed by atoms with E-state index in [9.17, 15) is 9.59 Å². The topological polar surface area (TPSA) is 133 Å². The minimum Gasteiger partial charge on any atom is -1.00 e. The second-order valence-corrected chi connectivity index (χ2v) is 2.80. The summed E-state index contributed by atoms with van der Waals surface area (Å²) in [7, 11) is 0. The molecule has 7 nitrogen and oxygen atoms in total. The molecule has 1 aromatic carbocycles. The average molecular weight is 282 g/mol. The summed E-state index contributed by atoms with van der Waals surface area (Å²) in [5, 5.41) is 8.69. The van der Waals surface area contributed by atoms with Crippen LogP contribution >= 0.6 is 0 Å². The van der Waals surface area contributed by atoms with Crippen molar-refractivity contribution in [3.05, 3.63) is 29.8 Å². The zero-order chi connectivity index (χ0) is 13.4. The second-order valence-electron chi connectivity index (χ2n) is 2.80. The van der Waals surface area contributed by atoms with Gasteiger partial charge in [-0.1, -0.05) is 12.1 Å². The number of aromatic carboxylic acids is 1. The predicted molar refractivity (Wildman–Crippen MR) is 66.5 cm³/mol. The quantitative estimate of drug-likeness (QED) is 0.404. The van der Waals surface area contributed by atoms with E-state index in [0.29, 0.717) is 0 Å². The van der Waals surface area contributed by atoms with E-state index < -0.39 is 18.0 Å². The van der Waals surface area contributed by atoms with E-state index in [0.717, 1.165) is 0 Å². The third-order valence-electron chi connectivity index (χ3n) is 1.37. The molecular formula is C10H14CaN2O5. The molecule has 8 heteroatoms. The van der Waals surface area contributed by atoms with Crippen LogP contribution in [0.2, 0.25) is 0 Å². The Morgan fingerprint density at radius 3 is 2.06 bits per heavy atom. The first-order chi connectivity index (χ1) is 7.84. The van der Waals surface area contributed by atoms with Crippen LogP contribution in [0.4, 0.5) is 4.79 Å². The van der Waals surface area contributed by atoms with Gasteiger partial charge in [0.2, 0.25) is 0 Å². The number of primary amides is 2. The molecule has 0 aliphatic heterocycles. The molecule has 0 bridgehead atoms. The van der Waals surface area contributed by atoms with Crippen LogP contribution in [0.25, 0.3) is 0 Å². The minimum absolute atomic E-state index is 0. The molecule has 5 N–H and O–H groups in total. The summed E-state index contributed by atoms with van der Waals surface area (Å²) in [6.45, 7) is 1.22. The van der Waals surface area contributed by atoms with Gasteiger partial charge in [0.05, 0.1) is 0 Å². The van der Waals surface area contributed by atoms with E-state index in [2.05, 4.69) is 16.2 Å². The van der Waals surface area contributed by atoms with Gasteiger partial charge in [0, 0.05) is 6.92 Å². The standard InChI is InChI=1S/C9H8O4.CH4N2O.Ca.2H/c1-6(10)13-8-5-3-2-4-7(8)9(11)12;2-1(3)4;;;/h2-5H,1H3,(H,11,12);(H4,2,3,4);;;/q;;+2;2*-1. The molecular weight excluding hydrogens is 268 g/mol. The van der Waals surface area contributed by atoms with Gasteiger partial charge in [-0.05, 0) is 12.1 Å². The van der Waals surface area contributed by atoms with Crippen molar-refractivity contribution in [3.63, 3.8) is 0 Å². The Labute approximate surface area is 136 Å². The van der Waals surface area contributed by atoms with Crippen molar-refractivity contribution in [1.82, 2.24) is 0 Å². The number of para-hydroxylation sites is 1. The maximum absolute atomic E-state index is 10.6. The van der Waals surface area contributed by atoms with Crippen molar-refractivity contribution < 1.29 is 27.1 Å². The molecule has 0 atom stereocenters. The van der Waals surface area contributed by atoms with E-state index in [1.54, 1.807) is 12.1 Å². The third-order valence-corrected chi connectivity index (χ3v) is 1.37. The van der Waals surface area contributed by atoms with Crippen molar-refractivity contribution in [1.29, 1.82) is 0 Å².